The first-order valence-corrected chi connectivity index (χ1v) is 9.66. The highest BCUT2D eigenvalue weighted by molar-refractivity contribution is 8.04. The van der Waals surface area contributed by atoms with Crippen LogP contribution in [-0.4, -0.2) is 31.4 Å². The van der Waals surface area contributed by atoms with E-state index in [-0.39, 0.29) is 0 Å². The Hall–Kier alpha value is -0.940. The van der Waals surface area contributed by atoms with Crippen LogP contribution in [0, 0.1) is 5.92 Å². The average Bonchev–Trinajstić information content (AvgIpc) is 2.71. The largest absolute Gasteiger partial charge is 0.357 e. The van der Waals surface area contributed by atoms with Gasteiger partial charge in [0.1, 0.15) is 0 Å². The normalized spacial score (nSPS) is 21.9. The molecule has 0 N–H and O–H groups in total. The molecule has 0 amide bonds. The molecular weight excluding hydrogens is 290 g/mol. The zero-order valence-electron chi connectivity index (χ0n) is 12.1. The van der Waals surface area contributed by atoms with Crippen LogP contribution >= 0.6 is 11.8 Å². The first-order valence-electron chi connectivity index (χ1n) is 6.72. The number of hydrogen-bond acceptors (Lipinski definition) is 4. The van der Waals surface area contributed by atoms with Crippen molar-refractivity contribution in [1.29, 1.82) is 0 Å². The molecule has 0 saturated carbocycles. The van der Waals surface area contributed by atoms with E-state index in [1.165, 1.54) is 17.2 Å². The molecule has 110 valence electrons. The Morgan fingerprint density at radius 3 is 2.55 bits per heavy atom. The van der Waals surface area contributed by atoms with Crippen molar-refractivity contribution < 1.29 is 8.42 Å². The van der Waals surface area contributed by atoms with Gasteiger partial charge in [0.2, 0.25) is 0 Å². The van der Waals surface area contributed by atoms with Crippen molar-refractivity contribution in [2.45, 2.75) is 26.4 Å². The van der Waals surface area contributed by atoms with Gasteiger partial charge in [0.25, 0.3) is 0 Å². The van der Waals surface area contributed by atoms with E-state index in [1.54, 1.807) is 11.8 Å². The van der Waals surface area contributed by atoms with Gasteiger partial charge in [-0.15, -0.1) is 11.8 Å². The van der Waals surface area contributed by atoms with E-state index in [1.807, 2.05) is 18.2 Å². The number of nitrogens with zero attached hydrogens (tertiary/aromatic N) is 1. The lowest BCUT2D eigenvalue weighted by Crippen LogP contribution is -2.34. The summed E-state index contributed by atoms with van der Waals surface area (Å²) in [5, 5.41) is 2.28. The van der Waals surface area contributed by atoms with E-state index in [0.29, 0.717) is 12.0 Å². The van der Waals surface area contributed by atoms with E-state index in [9.17, 15) is 8.42 Å². The molecule has 1 aliphatic rings. The minimum absolute atomic E-state index is 0.383. The minimum atomic E-state index is -3.11. The molecule has 0 spiro atoms. The zero-order valence-corrected chi connectivity index (χ0v) is 13.7. The summed E-state index contributed by atoms with van der Waals surface area (Å²) in [7, 11) is -3.11. The number of hydrogen-bond donors (Lipinski definition) is 0. The summed E-state index contributed by atoms with van der Waals surface area (Å²) in [5.74, 6) is 1.45. The lowest BCUT2D eigenvalue weighted by molar-refractivity contribution is 0.240. The molecular formula is C15H21NO2S2. The SMILES string of the molecule is CC(C)[C@H]1CS/C(=C\S(C)(=O)=O)N1Cc1ccccc1. The molecule has 0 aromatic heterocycles. The summed E-state index contributed by atoms with van der Waals surface area (Å²) >= 11 is 1.64. The number of benzene rings is 1. The number of rotatable bonds is 4. The highest BCUT2D eigenvalue weighted by atomic mass is 32.2. The van der Waals surface area contributed by atoms with Crippen molar-refractivity contribution in [3.05, 3.63) is 46.3 Å². The summed E-state index contributed by atoms with van der Waals surface area (Å²) in [6.07, 6.45) is 1.25. The van der Waals surface area contributed by atoms with Crippen LogP contribution in [0.4, 0.5) is 0 Å². The Morgan fingerprint density at radius 1 is 1.35 bits per heavy atom. The lowest BCUT2D eigenvalue weighted by Gasteiger charge is -2.29. The van der Waals surface area contributed by atoms with Crippen molar-refractivity contribution in [1.82, 2.24) is 4.90 Å². The van der Waals surface area contributed by atoms with Gasteiger partial charge in [-0.1, -0.05) is 44.2 Å². The van der Waals surface area contributed by atoms with E-state index >= 15 is 0 Å². The Balaban J connectivity index is 2.28. The van der Waals surface area contributed by atoms with Gasteiger partial charge in [0, 0.05) is 24.6 Å². The smallest absolute Gasteiger partial charge is 0.171 e. The van der Waals surface area contributed by atoms with Gasteiger partial charge in [-0.25, -0.2) is 8.42 Å². The van der Waals surface area contributed by atoms with Crippen molar-refractivity contribution in [2.75, 3.05) is 12.0 Å². The fourth-order valence-electron chi connectivity index (χ4n) is 2.32. The first kappa shape index (κ1) is 15.4. The third-order valence-corrected chi connectivity index (χ3v) is 5.32. The second-order valence-corrected chi connectivity index (χ2v) is 8.46. The standard InChI is InChI=1S/C15H21NO2S2/c1-12(2)14-10-19-15(11-20(3,17)18)16(14)9-13-7-5-4-6-8-13/h4-8,11-12,14H,9-10H2,1-3H3/b15-11-/t14-/m1/s1. The maximum Gasteiger partial charge on any atom is 0.171 e. The van der Waals surface area contributed by atoms with Gasteiger partial charge in [-0.3, -0.25) is 0 Å². The average molecular weight is 311 g/mol. The second-order valence-electron chi connectivity index (χ2n) is 5.52. The maximum absolute atomic E-state index is 11.5. The summed E-state index contributed by atoms with van der Waals surface area (Å²) in [4.78, 5) is 2.23. The summed E-state index contributed by atoms with van der Waals surface area (Å²) in [6.45, 7) is 5.14. The van der Waals surface area contributed by atoms with Crippen molar-refractivity contribution in [2.24, 2.45) is 5.92 Å². The monoisotopic (exact) mass is 311 g/mol. The molecule has 1 aromatic carbocycles. The quantitative estimate of drug-likeness (QED) is 0.856. The third kappa shape index (κ3) is 4.03. The summed E-state index contributed by atoms with van der Waals surface area (Å²) in [6, 6.07) is 10.6. The lowest BCUT2D eigenvalue weighted by atomic mass is 10.0. The van der Waals surface area contributed by atoms with Gasteiger partial charge in [-0.2, -0.15) is 0 Å². The third-order valence-electron chi connectivity index (χ3n) is 3.37. The van der Waals surface area contributed by atoms with Crippen molar-refractivity contribution in [3.63, 3.8) is 0 Å². The number of thioether (sulfide) groups is 1. The van der Waals surface area contributed by atoms with Crippen LogP contribution in [0.3, 0.4) is 0 Å². The molecule has 20 heavy (non-hydrogen) atoms. The van der Waals surface area contributed by atoms with E-state index < -0.39 is 9.84 Å². The molecule has 0 unspecified atom stereocenters. The van der Waals surface area contributed by atoms with Crippen LogP contribution in [0.5, 0.6) is 0 Å². The Bertz CT molecular complexity index is 579. The van der Waals surface area contributed by atoms with E-state index in [4.69, 9.17) is 0 Å². The Morgan fingerprint density at radius 2 is 2.00 bits per heavy atom. The highest BCUT2D eigenvalue weighted by Crippen LogP contribution is 2.37. The van der Waals surface area contributed by atoms with E-state index in [2.05, 4.69) is 30.9 Å². The van der Waals surface area contributed by atoms with Crippen LogP contribution in [-0.2, 0) is 16.4 Å². The Labute approximate surface area is 126 Å². The molecule has 1 atom stereocenters. The second kappa shape index (κ2) is 6.22. The molecule has 1 aliphatic heterocycles. The molecule has 0 radical (unpaired) electrons. The van der Waals surface area contributed by atoms with Gasteiger partial charge in [0.15, 0.2) is 9.84 Å². The minimum Gasteiger partial charge on any atom is -0.357 e. The fourth-order valence-corrected chi connectivity index (χ4v) is 4.89. The van der Waals surface area contributed by atoms with Crippen LogP contribution in [0.15, 0.2) is 40.8 Å². The van der Waals surface area contributed by atoms with Crippen molar-refractivity contribution >= 4 is 21.6 Å². The van der Waals surface area contributed by atoms with Gasteiger partial charge in [-0.05, 0) is 11.5 Å². The fraction of sp³-hybridized carbons (Fsp3) is 0.467. The molecule has 1 aromatic rings. The molecule has 1 fully saturated rings. The van der Waals surface area contributed by atoms with E-state index in [0.717, 1.165) is 17.3 Å². The molecule has 3 nitrogen and oxygen atoms in total. The summed E-state index contributed by atoms with van der Waals surface area (Å²) < 4.78 is 23.1. The predicted octanol–water partition coefficient (Wildman–Crippen LogP) is 3.10. The first-order chi connectivity index (χ1) is 9.37. The maximum atomic E-state index is 11.5. The molecule has 0 bridgehead atoms. The van der Waals surface area contributed by atoms with Gasteiger partial charge >= 0.3 is 0 Å². The van der Waals surface area contributed by atoms with Gasteiger partial charge < -0.3 is 4.90 Å². The predicted molar refractivity (Wildman–Crippen MR) is 86.0 cm³/mol. The molecule has 5 heteroatoms. The van der Waals surface area contributed by atoms with Crippen LogP contribution in [0.2, 0.25) is 0 Å². The highest BCUT2D eigenvalue weighted by Gasteiger charge is 2.31. The molecule has 0 aliphatic carbocycles. The van der Waals surface area contributed by atoms with Crippen LogP contribution < -0.4 is 0 Å². The van der Waals surface area contributed by atoms with Crippen LogP contribution in [0.1, 0.15) is 19.4 Å². The summed E-state index contributed by atoms with van der Waals surface area (Å²) in [5.41, 5.74) is 1.21. The zero-order chi connectivity index (χ0) is 14.8. The molecule has 2 rings (SSSR count). The number of sulfone groups is 1. The molecule has 1 saturated heterocycles. The Kier molecular flexibility index (Phi) is 4.81. The van der Waals surface area contributed by atoms with Crippen LogP contribution in [0.25, 0.3) is 0 Å². The van der Waals surface area contributed by atoms with Crippen molar-refractivity contribution in [3.8, 4) is 0 Å². The molecule has 1 heterocycles. The topological polar surface area (TPSA) is 37.4 Å². The van der Waals surface area contributed by atoms with Gasteiger partial charge in [0.05, 0.1) is 10.4 Å².